The zero-order valence-electron chi connectivity index (χ0n) is 8.78. The molecule has 0 aliphatic carbocycles. The lowest BCUT2D eigenvalue weighted by molar-refractivity contribution is -0.119. The summed E-state index contributed by atoms with van der Waals surface area (Å²) in [6.07, 6.45) is 2.38. The van der Waals surface area contributed by atoms with Crippen molar-refractivity contribution in [3.05, 3.63) is 0 Å². The number of piperidine rings is 1. The van der Waals surface area contributed by atoms with Gasteiger partial charge in [-0.05, 0) is 32.2 Å². The van der Waals surface area contributed by atoms with Gasteiger partial charge in [-0.25, -0.2) is 0 Å². The minimum Gasteiger partial charge on any atom is -0.392 e. The second kappa shape index (κ2) is 5.32. The molecule has 1 amide bonds. The van der Waals surface area contributed by atoms with E-state index >= 15 is 0 Å². The van der Waals surface area contributed by atoms with Crippen molar-refractivity contribution in [3.8, 4) is 0 Å². The number of rotatable bonds is 4. The van der Waals surface area contributed by atoms with Crippen LogP contribution in [-0.2, 0) is 4.79 Å². The van der Waals surface area contributed by atoms with E-state index in [1.165, 1.54) is 0 Å². The highest BCUT2D eigenvalue weighted by Crippen LogP contribution is 2.19. The van der Waals surface area contributed by atoms with Gasteiger partial charge in [-0.1, -0.05) is 0 Å². The predicted molar refractivity (Wildman–Crippen MR) is 54.7 cm³/mol. The molecule has 0 aromatic rings. The molecule has 0 spiro atoms. The Bertz CT molecular complexity index is 195. The third kappa shape index (κ3) is 4.07. The maximum absolute atomic E-state index is 10.8. The second-order valence-corrected chi connectivity index (χ2v) is 4.29. The fourth-order valence-corrected chi connectivity index (χ4v) is 2.14. The van der Waals surface area contributed by atoms with Crippen molar-refractivity contribution in [2.75, 3.05) is 19.6 Å². The Balaban J connectivity index is 2.32. The molecule has 0 radical (unpaired) electrons. The minimum absolute atomic E-state index is 0.214. The number of aliphatic hydroxyl groups excluding tert-OH is 1. The normalized spacial score (nSPS) is 26.0. The number of aliphatic hydroxyl groups is 1. The largest absolute Gasteiger partial charge is 0.392 e. The summed E-state index contributed by atoms with van der Waals surface area (Å²) in [5.41, 5.74) is 5.16. The number of primary amides is 1. The van der Waals surface area contributed by atoms with Gasteiger partial charge < -0.3 is 15.7 Å². The summed E-state index contributed by atoms with van der Waals surface area (Å²) in [4.78, 5) is 13.0. The smallest absolute Gasteiger partial charge is 0.217 e. The number of amides is 1. The van der Waals surface area contributed by atoms with Gasteiger partial charge in [0.05, 0.1) is 6.10 Å². The Morgan fingerprint density at radius 2 is 2.43 bits per heavy atom. The van der Waals surface area contributed by atoms with Crippen LogP contribution >= 0.6 is 0 Å². The molecule has 0 saturated carbocycles. The molecule has 1 aliphatic heterocycles. The molecule has 4 nitrogen and oxygen atoms in total. The highest BCUT2D eigenvalue weighted by Gasteiger charge is 2.21. The quantitative estimate of drug-likeness (QED) is 0.669. The summed E-state index contributed by atoms with van der Waals surface area (Å²) >= 11 is 0. The third-order valence-electron chi connectivity index (χ3n) is 2.62. The van der Waals surface area contributed by atoms with Gasteiger partial charge in [0.25, 0.3) is 0 Å². The SMILES string of the molecule is C[C@H](O)CN1CCC[C@H](CC(N)=O)C1. The Labute approximate surface area is 85.1 Å². The fraction of sp³-hybridized carbons (Fsp3) is 0.900. The fourth-order valence-electron chi connectivity index (χ4n) is 2.14. The third-order valence-corrected chi connectivity index (χ3v) is 2.62. The molecule has 4 heteroatoms. The minimum atomic E-state index is -0.290. The van der Waals surface area contributed by atoms with Crippen molar-refractivity contribution in [2.45, 2.75) is 32.3 Å². The number of hydrogen-bond acceptors (Lipinski definition) is 3. The van der Waals surface area contributed by atoms with Crippen LogP contribution in [0.15, 0.2) is 0 Å². The van der Waals surface area contributed by atoms with E-state index in [1.807, 2.05) is 0 Å². The molecular formula is C10H20N2O2. The molecule has 1 saturated heterocycles. The van der Waals surface area contributed by atoms with Gasteiger partial charge in [0.2, 0.25) is 5.91 Å². The van der Waals surface area contributed by atoms with E-state index in [-0.39, 0.29) is 12.0 Å². The number of likely N-dealkylation sites (tertiary alicyclic amines) is 1. The number of β-amino-alcohol motifs (C(OH)–C–C–N with tert-alkyl or cyclic N) is 1. The molecule has 1 rings (SSSR count). The average Bonchev–Trinajstić information content (AvgIpc) is 2.01. The zero-order chi connectivity index (χ0) is 10.6. The van der Waals surface area contributed by atoms with Crippen LogP contribution in [-0.4, -0.2) is 41.7 Å². The summed E-state index contributed by atoms with van der Waals surface area (Å²) < 4.78 is 0. The molecule has 0 unspecified atom stereocenters. The molecule has 1 aliphatic rings. The van der Waals surface area contributed by atoms with Crippen LogP contribution in [0.5, 0.6) is 0 Å². The number of hydrogen-bond donors (Lipinski definition) is 2. The molecule has 14 heavy (non-hydrogen) atoms. The van der Waals surface area contributed by atoms with Crippen molar-refractivity contribution in [2.24, 2.45) is 11.7 Å². The van der Waals surface area contributed by atoms with Crippen molar-refractivity contribution in [1.29, 1.82) is 0 Å². The van der Waals surface area contributed by atoms with E-state index in [4.69, 9.17) is 5.73 Å². The van der Waals surface area contributed by atoms with Crippen LogP contribution in [0, 0.1) is 5.92 Å². The molecule has 0 aromatic heterocycles. The van der Waals surface area contributed by atoms with Crippen molar-refractivity contribution < 1.29 is 9.90 Å². The van der Waals surface area contributed by atoms with Crippen molar-refractivity contribution in [3.63, 3.8) is 0 Å². The first kappa shape index (κ1) is 11.5. The lowest BCUT2D eigenvalue weighted by atomic mass is 9.94. The lowest BCUT2D eigenvalue weighted by Crippen LogP contribution is -2.40. The van der Waals surface area contributed by atoms with E-state index in [9.17, 15) is 9.90 Å². The van der Waals surface area contributed by atoms with Crippen LogP contribution in [0.25, 0.3) is 0 Å². The molecule has 2 atom stereocenters. The number of nitrogens with zero attached hydrogens (tertiary/aromatic N) is 1. The molecule has 0 aromatic carbocycles. The van der Waals surface area contributed by atoms with E-state index in [0.717, 1.165) is 25.9 Å². The summed E-state index contributed by atoms with van der Waals surface area (Å²) in [5.74, 6) is 0.175. The van der Waals surface area contributed by atoms with Crippen LogP contribution in [0.2, 0.25) is 0 Å². The standard InChI is InChI=1S/C10H20N2O2/c1-8(13)6-12-4-2-3-9(7-12)5-10(11)14/h8-9,13H,2-7H2,1H3,(H2,11,14)/t8-,9+/m0/s1. The first-order valence-corrected chi connectivity index (χ1v) is 5.26. The molecule has 3 N–H and O–H groups in total. The highest BCUT2D eigenvalue weighted by atomic mass is 16.3. The summed E-state index contributed by atoms with van der Waals surface area (Å²) in [7, 11) is 0. The van der Waals surface area contributed by atoms with Gasteiger partial charge >= 0.3 is 0 Å². The maximum Gasteiger partial charge on any atom is 0.217 e. The average molecular weight is 200 g/mol. The van der Waals surface area contributed by atoms with Gasteiger partial charge in [-0.2, -0.15) is 0 Å². The first-order chi connectivity index (χ1) is 6.58. The van der Waals surface area contributed by atoms with Gasteiger partial charge in [0.15, 0.2) is 0 Å². The van der Waals surface area contributed by atoms with Gasteiger partial charge in [-0.3, -0.25) is 4.79 Å². The molecule has 1 heterocycles. The van der Waals surface area contributed by atoms with Gasteiger partial charge in [0, 0.05) is 19.5 Å². The molecule has 0 bridgehead atoms. The van der Waals surface area contributed by atoms with E-state index in [1.54, 1.807) is 6.92 Å². The van der Waals surface area contributed by atoms with Crippen LogP contribution in [0.3, 0.4) is 0 Å². The molecule has 1 fully saturated rings. The van der Waals surface area contributed by atoms with Gasteiger partial charge in [0.1, 0.15) is 0 Å². The monoisotopic (exact) mass is 200 g/mol. The van der Waals surface area contributed by atoms with Gasteiger partial charge in [-0.15, -0.1) is 0 Å². The number of carbonyl (C=O) groups excluding carboxylic acids is 1. The summed E-state index contributed by atoms with van der Waals surface area (Å²) in [6.45, 7) is 4.42. The summed E-state index contributed by atoms with van der Waals surface area (Å²) in [5, 5.41) is 9.24. The van der Waals surface area contributed by atoms with E-state index in [0.29, 0.717) is 18.9 Å². The van der Waals surface area contributed by atoms with Crippen LogP contribution in [0.1, 0.15) is 26.2 Å². The second-order valence-electron chi connectivity index (χ2n) is 4.29. The summed E-state index contributed by atoms with van der Waals surface area (Å²) in [6, 6.07) is 0. The zero-order valence-corrected chi connectivity index (χ0v) is 8.78. The number of nitrogens with two attached hydrogens (primary N) is 1. The molecule has 82 valence electrons. The molecular weight excluding hydrogens is 180 g/mol. The Hall–Kier alpha value is -0.610. The highest BCUT2D eigenvalue weighted by molar-refractivity contribution is 5.74. The van der Waals surface area contributed by atoms with E-state index < -0.39 is 0 Å². The van der Waals surface area contributed by atoms with Crippen molar-refractivity contribution >= 4 is 5.91 Å². The van der Waals surface area contributed by atoms with Crippen LogP contribution in [0.4, 0.5) is 0 Å². The first-order valence-electron chi connectivity index (χ1n) is 5.26. The van der Waals surface area contributed by atoms with E-state index in [2.05, 4.69) is 4.90 Å². The predicted octanol–water partition coefficient (Wildman–Crippen LogP) is -0.0454. The Morgan fingerprint density at radius 1 is 1.71 bits per heavy atom. The Kier molecular flexibility index (Phi) is 4.35. The number of carbonyl (C=O) groups is 1. The van der Waals surface area contributed by atoms with Crippen molar-refractivity contribution in [1.82, 2.24) is 4.90 Å². The van der Waals surface area contributed by atoms with Crippen LogP contribution < -0.4 is 5.73 Å². The maximum atomic E-state index is 10.8. The Morgan fingerprint density at radius 3 is 3.00 bits per heavy atom. The topological polar surface area (TPSA) is 66.6 Å². The lowest BCUT2D eigenvalue weighted by Gasteiger charge is -2.32.